The van der Waals surface area contributed by atoms with Crippen molar-refractivity contribution in [3.63, 3.8) is 0 Å². The first kappa shape index (κ1) is 16.2. The summed E-state index contributed by atoms with van der Waals surface area (Å²) in [6, 6.07) is 9.08. The molecule has 19 heavy (non-hydrogen) atoms. The molecule has 0 saturated carbocycles. The molecule has 1 aromatic rings. The molecule has 0 saturated heterocycles. The van der Waals surface area contributed by atoms with Crippen LogP contribution in [-0.2, 0) is 22.6 Å². The van der Waals surface area contributed by atoms with Crippen LogP contribution in [-0.4, -0.2) is 25.4 Å². The zero-order chi connectivity index (χ0) is 14.1. The molecule has 0 aliphatic rings. The van der Waals surface area contributed by atoms with Crippen molar-refractivity contribution in [1.29, 1.82) is 0 Å². The average molecular weight is 265 g/mol. The maximum atomic E-state index is 5.73. The Morgan fingerprint density at radius 2 is 1.68 bits per heavy atom. The summed E-state index contributed by atoms with van der Waals surface area (Å²) in [4.78, 5) is 0. The largest absolute Gasteiger partial charge is 0.379 e. The zero-order valence-electron chi connectivity index (χ0n) is 12.6. The van der Waals surface area contributed by atoms with Crippen molar-refractivity contribution < 1.29 is 9.47 Å². The third-order valence-corrected chi connectivity index (χ3v) is 2.83. The Bertz CT molecular complexity index is 335. The van der Waals surface area contributed by atoms with Gasteiger partial charge in [-0.15, -0.1) is 0 Å². The normalized spacial score (nSPS) is 12.9. The first-order chi connectivity index (χ1) is 9.11. The quantitative estimate of drug-likeness (QED) is 0.744. The number of benzene rings is 1. The van der Waals surface area contributed by atoms with Crippen molar-refractivity contribution in [2.24, 2.45) is 0 Å². The molecule has 108 valence electrons. The van der Waals surface area contributed by atoms with Gasteiger partial charge >= 0.3 is 0 Å². The van der Waals surface area contributed by atoms with E-state index < -0.39 is 0 Å². The standard InChI is InChI=1S/C16H27NO2/c1-5-18-11-14(4)19-12-16-8-6-15(7-9-16)10-17-13(2)3/h6-9,13-14,17H,5,10-12H2,1-4H3. The smallest absolute Gasteiger partial charge is 0.0785 e. The second-order valence-electron chi connectivity index (χ2n) is 5.13. The number of rotatable bonds is 9. The van der Waals surface area contributed by atoms with E-state index in [0.29, 0.717) is 19.3 Å². The van der Waals surface area contributed by atoms with Gasteiger partial charge in [-0.25, -0.2) is 0 Å². The molecule has 3 nitrogen and oxygen atoms in total. The minimum absolute atomic E-state index is 0.141. The van der Waals surface area contributed by atoms with Gasteiger partial charge in [0.05, 0.1) is 19.3 Å². The molecule has 1 unspecified atom stereocenters. The van der Waals surface area contributed by atoms with E-state index in [2.05, 4.69) is 43.4 Å². The molecule has 0 bridgehead atoms. The van der Waals surface area contributed by atoms with Crippen molar-refractivity contribution in [2.75, 3.05) is 13.2 Å². The Hall–Kier alpha value is -0.900. The summed E-state index contributed by atoms with van der Waals surface area (Å²) in [5.74, 6) is 0. The molecular formula is C16H27NO2. The SMILES string of the molecule is CCOCC(C)OCc1ccc(CNC(C)C)cc1. The van der Waals surface area contributed by atoms with Crippen LogP contribution in [0.2, 0.25) is 0 Å². The van der Waals surface area contributed by atoms with Crippen LogP contribution in [0.4, 0.5) is 0 Å². The second kappa shape index (κ2) is 9.08. The molecule has 1 atom stereocenters. The fourth-order valence-electron chi connectivity index (χ4n) is 1.65. The second-order valence-corrected chi connectivity index (χ2v) is 5.13. The Morgan fingerprint density at radius 3 is 2.26 bits per heavy atom. The molecule has 0 heterocycles. The molecule has 1 N–H and O–H groups in total. The lowest BCUT2D eigenvalue weighted by atomic mass is 10.1. The minimum Gasteiger partial charge on any atom is -0.379 e. The maximum Gasteiger partial charge on any atom is 0.0785 e. The van der Waals surface area contributed by atoms with Crippen LogP contribution in [0.1, 0.15) is 38.8 Å². The Morgan fingerprint density at radius 1 is 1.05 bits per heavy atom. The lowest BCUT2D eigenvalue weighted by molar-refractivity contribution is -0.0116. The molecular weight excluding hydrogens is 238 g/mol. The molecule has 3 heteroatoms. The predicted molar refractivity (Wildman–Crippen MR) is 79.2 cm³/mol. The topological polar surface area (TPSA) is 30.5 Å². The monoisotopic (exact) mass is 265 g/mol. The van der Waals surface area contributed by atoms with E-state index in [4.69, 9.17) is 9.47 Å². The van der Waals surface area contributed by atoms with Crippen LogP contribution < -0.4 is 5.32 Å². The minimum atomic E-state index is 0.141. The summed E-state index contributed by atoms with van der Waals surface area (Å²) >= 11 is 0. The van der Waals surface area contributed by atoms with Gasteiger partial charge in [-0.3, -0.25) is 0 Å². The molecule has 0 spiro atoms. The van der Waals surface area contributed by atoms with Crippen molar-refractivity contribution in [3.8, 4) is 0 Å². The highest BCUT2D eigenvalue weighted by Gasteiger charge is 2.02. The highest BCUT2D eigenvalue weighted by molar-refractivity contribution is 5.21. The fraction of sp³-hybridized carbons (Fsp3) is 0.625. The van der Waals surface area contributed by atoms with E-state index in [0.717, 1.165) is 13.2 Å². The summed E-state index contributed by atoms with van der Waals surface area (Å²) in [5.41, 5.74) is 2.51. The fourth-order valence-corrected chi connectivity index (χ4v) is 1.65. The third-order valence-electron chi connectivity index (χ3n) is 2.83. The highest BCUT2D eigenvalue weighted by Crippen LogP contribution is 2.07. The van der Waals surface area contributed by atoms with Gasteiger partial charge in [0.2, 0.25) is 0 Å². The molecule has 1 aromatic carbocycles. The van der Waals surface area contributed by atoms with Gasteiger partial charge in [-0.05, 0) is 25.0 Å². The van der Waals surface area contributed by atoms with E-state index in [-0.39, 0.29) is 6.10 Å². The molecule has 0 aliphatic heterocycles. The van der Waals surface area contributed by atoms with Crippen LogP contribution >= 0.6 is 0 Å². The summed E-state index contributed by atoms with van der Waals surface area (Å²) in [6.07, 6.45) is 0.141. The van der Waals surface area contributed by atoms with Gasteiger partial charge in [-0.2, -0.15) is 0 Å². The Kier molecular flexibility index (Phi) is 7.72. The summed E-state index contributed by atoms with van der Waals surface area (Å²) in [5, 5.41) is 3.41. The van der Waals surface area contributed by atoms with Crippen LogP contribution in [0, 0.1) is 0 Å². The van der Waals surface area contributed by atoms with Gasteiger partial charge in [0.15, 0.2) is 0 Å². The molecule has 0 radical (unpaired) electrons. The number of ether oxygens (including phenoxy) is 2. The Balaban J connectivity index is 2.31. The van der Waals surface area contributed by atoms with Gasteiger partial charge in [0, 0.05) is 19.2 Å². The summed E-state index contributed by atoms with van der Waals surface area (Å²) < 4.78 is 11.1. The lowest BCUT2D eigenvalue weighted by Crippen LogP contribution is -2.21. The number of hydrogen-bond donors (Lipinski definition) is 1. The lowest BCUT2D eigenvalue weighted by Gasteiger charge is -2.13. The van der Waals surface area contributed by atoms with E-state index in [9.17, 15) is 0 Å². The zero-order valence-corrected chi connectivity index (χ0v) is 12.6. The van der Waals surface area contributed by atoms with Gasteiger partial charge in [0.1, 0.15) is 0 Å². The summed E-state index contributed by atoms with van der Waals surface area (Å²) in [6.45, 7) is 11.3. The average Bonchev–Trinajstić information content (AvgIpc) is 2.41. The van der Waals surface area contributed by atoms with E-state index in [1.165, 1.54) is 11.1 Å². The van der Waals surface area contributed by atoms with Crippen LogP contribution in [0.5, 0.6) is 0 Å². The third kappa shape index (κ3) is 7.31. The molecule has 0 aromatic heterocycles. The van der Waals surface area contributed by atoms with Crippen molar-refractivity contribution >= 4 is 0 Å². The van der Waals surface area contributed by atoms with Crippen LogP contribution in [0.3, 0.4) is 0 Å². The first-order valence-electron chi connectivity index (χ1n) is 7.12. The van der Waals surface area contributed by atoms with Gasteiger partial charge < -0.3 is 14.8 Å². The maximum absolute atomic E-state index is 5.73. The Labute approximate surface area is 117 Å². The molecule has 0 amide bonds. The predicted octanol–water partition coefficient (Wildman–Crippen LogP) is 3.13. The van der Waals surface area contributed by atoms with E-state index >= 15 is 0 Å². The van der Waals surface area contributed by atoms with E-state index in [1.807, 2.05) is 13.8 Å². The van der Waals surface area contributed by atoms with Crippen molar-refractivity contribution in [1.82, 2.24) is 5.32 Å². The molecule has 1 rings (SSSR count). The molecule has 0 fully saturated rings. The first-order valence-corrected chi connectivity index (χ1v) is 7.12. The van der Waals surface area contributed by atoms with Crippen LogP contribution in [0.25, 0.3) is 0 Å². The van der Waals surface area contributed by atoms with Gasteiger partial charge in [0.25, 0.3) is 0 Å². The number of nitrogens with one attached hydrogen (secondary N) is 1. The summed E-state index contributed by atoms with van der Waals surface area (Å²) in [7, 11) is 0. The van der Waals surface area contributed by atoms with Crippen molar-refractivity contribution in [3.05, 3.63) is 35.4 Å². The van der Waals surface area contributed by atoms with Crippen LogP contribution in [0.15, 0.2) is 24.3 Å². The van der Waals surface area contributed by atoms with Gasteiger partial charge in [-0.1, -0.05) is 38.1 Å². The highest BCUT2D eigenvalue weighted by atomic mass is 16.5. The van der Waals surface area contributed by atoms with E-state index in [1.54, 1.807) is 0 Å². The molecule has 0 aliphatic carbocycles. The number of hydrogen-bond acceptors (Lipinski definition) is 3. The van der Waals surface area contributed by atoms with Crippen molar-refractivity contribution in [2.45, 2.75) is 53.0 Å².